The van der Waals surface area contributed by atoms with E-state index in [1.54, 1.807) is 32.9 Å². The van der Waals surface area contributed by atoms with Crippen LogP contribution in [0.1, 0.15) is 77.9 Å². The van der Waals surface area contributed by atoms with E-state index in [0.717, 1.165) is 10.7 Å². The average Bonchev–Trinajstić information content (AvgIpc) is 3.23. The lowest BCUT2D eigenvalue weighted by Crippen LogP contribution is -2.46. The summed E-state index contributed by atoms with van der Waals surface area (Å²) in [5.74, 6) is -2.79. The number of esters is 1. The molecule has 0 aromatic carbocycles. The molecule has 0 aliphatic carbocycles. The molecule has 0 saturated heterocycles. The molecule has 9 heteroatoms. The number of carbonyl (C=O) groups excluding carboxylic acids is 2. The van der Waals surface area contributed by atoms with Gasteiger partial charge < -0.3 is 14.9 Å². The minimum atomic E-state index is -1.81. The van der Waals surface area contributed by atoms with Gasteiger partial charge in [-0.05, 0) is 44.8 Å². The second-order valence-corrected chi connectivity index (χ2v) is 12.0. The molecule has 1 aliphatic heterocycles. The number of allylic oxidation sites excluding steroid dienone is 1. The summed E-state index contributed by atoms with van der Waals surface area (Å²) in [6.45, 7) is 11.5. The Morgan fingerprint density at radius 1 is 1.16 bits per heavy atom. The molecule has 2 heterocycles. The van der Waals surface area contributed by atoms with Crippen LogP contribution < -0.4 is 0 Å². The number of cyclic esters (lactones) is 1. The number of aliphatic hydroxyl groups is 2. The lowest BCUT2D eigenvalue weighted by atomic mass is 9.73. The van der Waals surface area contributed by atoms with Crippen LogP contribution >= 0.6 is 11.3 Å². The van der Waals surface area contributed by atoms with Crippen LogP contribution in [0, 0.1) is 24.2 Å². The molecule has 0 spiro atoms. The normalized spacial score (nSPS) is 34.8. The molecule has 1 aliphatic rings. The SMILES string of the molecule is C/C1=C/CC(/C(C)=C/c2csc(C)n2)OC(=O)C[C@H](O)C(C)(C)C(=O)[C@H](C)[C@@H](O)[C@@H](C)CC(F)C(F)C1. The molecule has 6 nitrogen and oxygen atoms in total. The number of carbonyl (C=O) groups is 2. The largest absolute Gasteiger partial charge is 0.457 e. The highest BCUT2D eigenvalue weighted by Crippen LogP contribution is 2.33. The summed E-state index contributed by atoms with van der Waals surface area (Å²) in [5.41, 5.74) is 0.657. The van der Waals surface area contributed by atoms with E-state index in [4.69, 9.17) is 4.74 Å². The van der Waals surface area contributed by atoms with Gasteiger partial charge in [0.15, 0.2) is 0 Å². The molecule has 1 aromatic rings. The third kappa shape index (κ3) is 8.52. The van der Waals surface area contributed by atoms with Crippen molar-refractivity contribution in [2.24, 2.45) is 17.3 Å². The Kier molecular flexibility index (Phi) is 11.1. The number of nitrogens with zero attached hydrogens (tertiary/aromatic N) is 1. The van der Waals surface area contributed by atoms with Crippen molar-refractivity contribution in [3.05, 3.63) is 33.3 Å². The van der Waals surface area contributed by atoms with Gasteiger partial charge >= 0.3 is 5.97 Å². The maximum absolute atomic E-state index is 14.8. The van der Waals surface area contributed by atoms with Gasteiger partial charge in [-0.3, -0.25) is 9.59 Å². The Morgan fingerprint density at radius 3 is 2.41 bits per heavy atom. The van der Waals surface area contributed by atoms with Gasteiger partial charge in [0, 0.05) is 24.1 Å². The standard InChI is InChI=1S/C28H41F2NO5S/c1-15-8-9-23(16(2)11-20-14-37-19(5)31-20)36-25(33)13-24(32)28(6,7)27(35)18(4)26(34)17(3)12-22(30)21(29)10-15/h8,11,14,17-18,21-24,26,32,34H,9-10,12-13H2,1-7H3/b15-8-,16-11+/t17-,18+,21?,22?,23?,24-,26-/m0/s1. The van der Waals surface area contributed by atoms with Crippen molar-refractivity contribution in [2.45, 2.75) is 105 Å². The first kappa shape index (κ1) is 31.2. The van der Waals surface area contributed by atoms with Gasteiger partial charge in [-0.2, -0.15) is 0 Å². The van der Waals surface area contributed by atoms with Crippen molar-refractivity contribution in [1.82, 2.24) is 4.98 Å². The van der Waals surface area contributed by atoms with Crippen molar-refractivity contribution >= 4 is 29.2 Å². The first-order valence-electron chi connectivity index (χ1n) is 12.8. The van der Waals surface area contributed by atoms with E-state index in [0.29, 0.717) is 11.1 Å². The van der Waals surface area contributed by atoms with Crippen LogP contribution in [0.3, 0.4) is 0 Å². The van der Waals surface area contributed by atoms with E-state index in [1.807, 2.05) is 12.3 Å². The average molecular weight is 542 g/mol. The summed E-state index contributed by atoms with van der Waals surface area (Å²) in [6, 6.07) is 0. The van der Waals surface area contributed by atoms with Gasteiger partial charge in [0.05, 0.1) is 34.7 Å². The Morgan fingerprint density at radius 2 is 1.81 bits per heavy atom. The molecule has 208 valence electrons. The van der Waals surface area contributed by atoms with Crippen LogP contribution in [0.2, 0.25) is 0 Å². The number of aryl methyl sites for hydroxylation is 1. The zero-order chi connectivity index (χ0) is 28.1. The number of thiazole rings is 1. The monoisotopic (exact) mass is 541 g/mol. The molecule has 0 radical (unpaired) electrons. The highest BCUT2D eigenvalue weighted by molar-refractivity contribution is 7.09. The number of Topliss-reactive ketones (excluding diaryl/α,β-unsaturated/α-hetero) is 1. The van der Waals surface area contributed by atoms with Crippen molar-refractivity contribution in [1.29, 1.82) is 0 Å². The Balaban J connectivity index is 2.40. The summed E-state index contributed by atoms with van der Waals surface area (Å²) < 4.78 is 35.2. The van der Waals surface area contributed by atoms with Crippen molar-refractivity contribution in [2.75, 3.05) is 0 Å². The topological polar surface area (TPSA) is 96.7 Å². The molecule has 0 amide bonds. The number of hydrogen-bond donors (Lipinski definition) is 2. The van der Waals surface area contributed by atoms with Crippen LogP contribution in [-0.2, 0) is 14.3 Å². The number of aliphatic hydroxyl groups excluding tert-OH is 2. The minimum Gasteiger partial charge on any atom is -0.457 e. The molecule has 37 heavy (non-hydrogen) atoms. The third-order valence-corrected chi connectivity index (χ3v) is 8.11. The van der Waals surface area contributed by atoms with Gasteiger partial charge in [0.1, 0.15) is 24.2 Å². The third-order valence-electron chi connectivity index (χ3n) is 7.32. The predicted molar refractivity (Wildman–Crippen MR) is 142 cm³/mol. The summed E-state index contributed by atoms with van der Waals surface area (Å²) in [4.78, 5) is 30.5. The number of rotatable bonds is 2. The number of ketones is 1. The van der Waals surface area contributed by atoms with Gasteiger partial charge in [0.2, 0.25) is 0 Å². The fourth-order valence-corrected chi connectivity index (χ4v) is 5.16. The molecule has 2 rings (SSSR count). The lowest BCUT2D eigenvalue weighted by Gasteiger charge is -2.34. The van der Waals surface area contributed by atoms with Gasteiger partial charge in [-0.1, -0.05) is 39.3 Å². The molecule has 0 fully saturated rings. The second-order valence-electron chi connectivity index (χ2n) is 11.0. The first-order chi connectivity index (χ1) is 17.1. The lowest BCUT2D eigenvalue weighted by molar-refractivity contribution is -0.154. The van der Waals surface area contributed by atoms with Crippen molar-refractivity contribution in [3.63, 3.8) is 0 Å². The highest BCUT2D eigenvalue weighted by Gasteiger charge is 2.43. The van der Waals surface area contributed by atoms with Crippen LogP contribution in [0.25, 0.3) is 6.08 Å². The molecular formula is C28H41F2NO5S. The molecule has 0 bridgehead atoms. The van der Waals surface area contributed by atoms with Crippen LogP contribution in [-0.4, -0.2) is 57.6 Å². The Bertz CT molecular complexity index is 1000. The maximum atomic E-state index is 14.8. The summed E-state index contributed by atoms with van der Waals surface area (Å²) in [7, 11) is 0. The number of alkyl halides is 2. The van der Waals surface area contributed by atoms with E-state index in [1.165, 1.54) is 32.1 Å². The maximum Gasteiger partial charge on any atom is 0.309 e. The van der Waals surface area contributed by atoms with E-state index in [9.17, 15) is 28.6 Å². The number of aromatic nitrogens is 1. The second kappa shape index (κ2) is 13.2. The molecule has 0 saturated carbocycles. The van der Waals surface area contributed by atoms with Crippen molar-refractivity contribution in [3.8, 4) is 0 Å². The number of halogens is 2. The molecule has 1 aromatic heterocycles. The van der Waals surface area contributed by atoms with E-state index in [-0.39, 0.29) is 19.3 Å². The molecule has 2 N–H and O–H groups in total. The zero-order valence-corrected chi connectivity index (χ0v) is 23.6. The van der Waals surface area contributed by atoms with Crippen LogP contribution in [0.5, 0.6) is 0 Å². The fourth-order valence-electron chi connectivity index (χ4n) is 4.59. The quantitative estimate of drug-likeness (QED) is 0.376. The number of hydrogen-bond acceptors (Lipinski definition) is 7. The van der Waals surface area contributed by atoms with Gasteiger partial charge in [0.25, 0.3) is 0 Å². The summed E-state index contributed by atoms with van der Waals surface area (Å²) >= 11 is 1.49. The smallest absolute Gasteiger partial charge is 0.309 e. The Hall–Kier alpha value is -1.97. The van der Waals surface area contributed by atoms with Gasteiger partial charge in [-0.25, -0.2) is 13.8 Å². The summed E-state index contributed by atoms with van der Waals surface area (Å²) in [5, 5.41) is 24.3. The molecule has 7 atom stereocenters. The minimum absolute atomic E-state index is 0.140. The number of ether oxygens (including phenoxy) is 1. The predicted octanol–water partition coefficient (Wildman–Crippen LogP) is 5.55. The zero-order valence-electron chi connectivity index (χ0n) is 22.8. The van der Waals surface area contributed by atoms with E-state index in [2.05, 4.69) is 4.98 Å². The van der Waals surface area contributed by atoms with E-state index < -0.39 is 66.1 Å². The summed E-state index contributed by atoms with van der Waals surface area (Å²) in [6.07, 6.45) is -3.93. The van der Waals surface area contributed by atoms with E-state index >= 15 is 0 Å². The Labute approximate surface area is 222 Å². The van der Waals surface area contributed by atoms with Crippen LogP contribution in [0.4, 0.5) is 8.78 Å². The fraction of sp³-hybridized carbons (Fsp3) is 0.679. The highest BCUT2D eigenvalue weighted by atomic mass is 32.1. The molecular weight excluding hydrogens is 500 g/mol. The molecule has 3 unspecified atom stereocenters. The van der Waals surface area contributed by atoms with Gasteiger partial charge in [-0.15, -0.1) is 11.3 Å². The van der Waals surface area contributed by atoms with Crippen molar-refractivity contribution < 1.29 is 33.3 Å². The first-order valence-corrected chi connectivity index (χ1v) is 13.6. The van der Waals surface area contributed by atoms with Crippen LogP contribution in [0.15, 0.2) is 22.6 Å².